The van der Waals surface area contributed by atoms with E-state index < -0.39 is 0 Å². The number of hydrogen-bond acceptors (Lipinski definition) is 5. The van der Waals surface area contributed by atoms with Crippen molar-refractivity contribution in [3.63, 3.8) is 0 Å². The maximum Gasteiger partial charge on any atom is 0.129 e. The Kier molecular flexibility index (Phi) is 8.52. The SMILES string of the molecule is Fc1ccc(/C(CCCN2CCCCC2)=N/OCCN2CCOCC2)cc1. The van der Waals surface area contributed by atoms with Crippen LogP contribution in [0.4, 0.5) is 4.39 Å². The molecule has 0 radical (unpaired) electrons. The first-order valence-corrected chi connectivity index (χ1v) is 10.3. The van der Waals surface area contributed by atoms with Crippen LogP contribution < -0.4 is 0 Å². The summed E-state index contributed by atoms with van der Waals surface area (Å²) in [4.78, 5) is 10.5. The zero-order chi connectivity index (χ0) is 18.7. The molecule has 0 bridgehead atoms. The molecule has 0 N–H and O–H groups in total. The van der Waals surface area contributed by atoms with Crippen LogP contribution in [-0.4, -0.2) is 74.6 Å². The van der Waals surface area contributed by atoms with Crippen LogP contribution in [0.1, 0.15) is 37.7 Å². The van der Waals surface area contributed by atoms with E-state index in [0.717, 1.165) is 63.5 Å². The fraction of sp³-hybridized carbons (Fsp3) is 0.667. The first kappa shape index (κ1) is 20.2. The number of piperidine rings is 1. The lowest BCUT2D eigenvalue weighted by Gasteiger charge is -2.26. The predicted octanol–water partition coefficient (Wildman–Crippen LogP) is 3.14. The number of morpholine rings is 1. The van der Waals surface area contributed by atoms with Gasteiger partial charge in [-0.15, -0.1) is 0 Å². The number of benzene rings is 1. The minimum absolute atomic E-state index is 0.223. The minimum Gasteiger partial charge on any atom is -0.394 e. The van der Waals surface area contributed by atoms with E-state index in [1.165, 1.54) is 44.5 Å². The zero-order valence-corrected chi connectivity index (χ0v) is 16.2. The summed E-state index contributed by atoms with van der Waals surface area (Å²) in [6, 6.07) is 6.56. The third kappa shape index (κ3) is 7.20. The van der Waals surface area contributed by atoms with Gasteiger partial charge in [-0.25, -0.2) is 4.39 Å². The van der Waals surface area contributed by atoms with Crippen molar-refractivity contribution in [3.8, 4) is 0 Å². The van der Waals surface area contributed by atoms with Crippen molar-refractivity contribution in [3.05, 3.63) is 35.6 Å². The van der Waals surface area contributed by atoms with E-state index in [1.807, 2.05) is 0 Å². The summed E-state index contributed by atoms with van der Waals surface area (Å²) >= 11 is 0. The van der Waals surface area contributed by atoms with Gasteiger partial charge in [0.2, 0.25) is 0 Å². The van der Waals surface area contributed by atoms with E-state index in [2.05, 4.69) is 15.0 Å². The van der Waals surface area contributed by atoms with Crippen LogP contribution in [0.5, 0.6) is 0 Å². The molecule has 27 heavy (non-hydrogen) atoms. The highest BCUT2D eigenvalue weighted by atomic mass is 19.1. The summed E-state index contributed by atoms with van der Waals surface area (Å²) in [5, 5.41) is 4.41. The molecule has 3 rings (SSSR count). The van der Waals surface area contributed by atoms with Gasteiger partial charge in [0.1, 0.15) is 12.4 Å². The molecular weight excluding hydrogens is 345 g/mol. The van der Waals surface area contributed by atoms with Crippen molar-refractivity contribution in [2.45, 2.75) is 32.1 Å². The monoisotopic (exact) mass is 377 g/mol. The molecule has 150 valence electrons. The van der Waals surface area contributed by atoms with Crippen molar-refractivity contribution >= 4 is 5.71 Å². The Morgan fingerprint density at radius 1 is 0.963 bits per heavy atom. The third-order valence-electron chi connectivity index (χ3n) is 5.29. The van der Waals surface area contributed by atoms with Crippen LogP contribution in [0.2, 0.25) is 0 Å². The summed E-state index contributed by atoms with van der Waals surface area (Å²) in [5.41, 5.74) is 1.86. The smallest absolute Gasteiger partial charge is 0.129 e. The molecule has 2 fully saturated rings. The lowest BCUT2D eigenvalue weighted by atomic mass is 10.0. The fourth-order valence-electron chi connectivity index (χ4n) is 3.66. The van der Waals surface area contributed by atoms with Gasteiger partial charge >= 0.3 is 0 Å². The van der Waals surface area contributed by atoms with Gasteiger partial charge in [0.15, 0.2) is 0 Å². The Labute approximate surface area is 162 Å². The van der Waals surface area contributed by atoms with Gasteiger partial charge in [0.25, 0.3) is 0 Å². The lowest BCUT2D eigenvalue weighted by Crippen LogP contribution is -2.38. The second-order valence-electron chi connectivity index (χ2n) is 7.34. The molecule has 2 heterocycles. The number of rotatable bonds is 9. The summed E-state index contributed by atoms with van der Waals surface area (Å²) in [7, 11) is 0. The van der Waals surface area contributed by atoms with E-state index in [0.29, 0.717) is 6.61 Å². The van der Waals surface area contributed by atoms with Crippen LogP contribution >= 0.6 is 0 Å². The number of halogens is 1. The first-order chi connectivity index (χ1) is 13.3. The molecule has 5 nitrogen and oxygen atoms in total. The average molecular weight is 378 g/mol. The van der Waals surface area contributed by atoms with Gasteiger partial charge in [-0.2, -0.15) is 0 Å². The largest absolute Gasteiger partial charge is 0.394 e. The Morgan fingerprint density at radius 3 is 2.41 bits per heavy atom. The second kappa shape index (κ2) is 11.4. The molecule has 2 aliphatic heterocycles. The molecular formula is C21H32FN3O2. The van der Waals surface area contributed by atoms with Gasteiger partial charge in [0, 0.05) is 19.6 Å². The Hall–Kier alpha value is -1.50. The molecule has 0 spiro atoms. The molecule has 1 aromatic carbocycles. The maximum absolute atomic E-state index is 13.3. The standard InChI is InChI=1S/C21H32FN3O2/c22-20-8-6-19(7-9-20)21(5-4-12-24-10-2-1-3-11-24)23-27-18-15-25-13-16-26-17-14-25/h6-9H,1-5,10-18H2/b23-21+. The van der Waals surface area contributed by atoms with E-state index >= 15 is 0 Å². The van der Waals surface area contributed by atoms with Crippen LogP contribution in [0, 0.1) is 5.82 Å². The quantitative estimate of drug-likeness (QED) is 0.376. The molecule has 0 atom stereocenters. The number of nitrogens with zero attached hydrogens (tertiary/aromatic N) is 3. The van der Waals surface area contributed by atoms with Crippen molar-refractivity contribution in [2.24, 2.45) is 5.16 Å². The number of likely N-dealkylation sites (tertiary alicyclic amines) is 1. The maximum atomic E-state index is 13.3. The molecule has 0 aromatic heterocycles. The molecule has 2 saturated heterocycles. The van der Waals surface area contributed by atoms with Crippen LogP contribution in [0.25, 0.3) is 0 Å². The normalized spacial score (nSPS) is 20.0. The summed E-state index contributed by atoms with van der Waals surface area (Å²) < 4.78 is 18.6. The second-order valence-corrected chi connectivity index (χ2v) is 7.34. The third-order valence-corrected chi connectivity index (χ3v) is 5.29. The highest BCUT2D eigenvalue weighted by molar-refractivity contribution is 6.00. The van der Waals surface area contributed by atoms with Crippen molar-refractivity contribution < 1.29 is 14.0 Å². The molecule has 0 unspecified atom stereocenters. The number of ether oxygens (including phenoxy) is 1. The Bertz CT molecular complexity index is 567. The van der Waals surface area contributed by atoms with Crippen molar-refractivity contribution in [1.29, 1.82) is 0 Å². The Balaban J connectivity index is 1.49. The van der Waals surface area contributed by atoms with Gasteiger partial charge < -0.3 is 14.5 Å². The molecule has 6 heteroatoms. The molecule has 0 aliphatic carbocycles. The van der Waals surface area contributed by atoms with Gasteiger partial charge in [-0.3, -0.25) is 4.90 Å². The number of hydrogen-bond donors (Lipinski definition) is 0. The molecule has 1 aromatic rings. The van der Waals surface area contributed by atoms with E-state index in [1.54, 1.807) is 12.1 Å². The van der Waals surface area contributed by atoms with Gasteiger partial charge in [-0.1, -0.05) is 23.7 Å². The minimum atomic E-state index is -0.223. The van der Waals surface area contributed by atoms with Crippen LogP contribution in [0.3, 0.4) is 0 Å². The van der Waals surface area contributed by atoms with E-state index in [9.17, 15) is 4.39 Å². The number of oxime groups is 1. The van der Waals surface area contributed by atoms with Gasteiger partial charge in [-0.05, 0) is 63.0 Å². The van der Waals surface area contributed by atoms with Crippen molar-refractivity contribution in [2.75, 3.05) is 59.1 Å². The average Bonchev–Trinajstić information content (AvgIpc) is 2.72. The lowest BCUT2D eigenvalue weighted by molar-refractivity contribution is 0.0211. The fourth-order valence-corrected chi connectivity index (χ4v) is 3.66. The molecule has 0 amide bonds. The molecule has 2 aliphatic rings. The predicted molar refractivity (Wildman–Crippen MR) is 106 cm³/mol. The summed E-state index contributed by atoms with van der Waals surface area (Å²) in [5.74, 6) is -0.223. The van der Waals surface area contributed by atoms with E-state index in [-0.39, 0.29) is 5.82 Å². The summed E-state index contributed by atoms with van der Waals surface area (Å²) in [6.45, 7) is 8.42. The van der Waals surface area contributed by atoms with Crippen LogP contribution in [-0.2, 0) is 9.57 Å². The highest BCUT2D eigenvalue weighted by Gasteiger charge is 2.12. The summed E-state index contributed by atoms with van der Waals surface area (Å²) in [6.07, 6.45) is 5.87. The van der Waals surface area contributed by atoms with Crippen molar-refractivity contribution in [1.82, 2.24) is 9.80 Å². The van der Waals surface area contributed by atoms with Crippen LogP contribution in [0.15, 0.2) is 29.4 Å². The molecule has 0 saturated carbocycles. The van der Waals surface area contributed by atoms with Gasteiger partial charge in [0.05, 0.1) is 18.9 Å². The highest BCUT2D eigenvalue weighted by Crippen LogP contribution is 2.13. The van der Waals surface area contributed by atoms with E-state index in [4.69, 9.17) is 9.57 Å². The topological polar surface area (TPSA) is 37.3 Å². The first-order valence-electron chi connectivity index (χ1n) is 10.3. The zero-order valence-electron chi connectivity index (χ0n) is 16.2. The Morgan fingerprint density at radius 2 is 1.67 bits per heavy atom.